The summed E-state index contributed by atoms with van der Waals surface area (Å²) in [5.41, 5.74) is 6.60. The lowest BCUT2D eigenvalue weighted by atomic mass is 9.93. The van der Waals surface area contributed by atoms with Gasteiger partial charge in [0.2, 0.25) is 10.0 Å². The molecule has 0 unspecified atom stereocenters. The Labute approximate surface area is 115 Å². The van der Waals surface area contributed by atoms with Crippen molar-refractivity contribution in [2.24, 2.45) is 11.7 Å². The van der Waals surface area contributed by atoms with Crippen molar-refractivity contribution >= 4 is 10.0 Å². The number of rotatable bonds is 4. The van der Waals surface area contributed by atoms with Gasteiger partial charge in [0.25, 0.3) is 0 Å². The third kappa shape index (κ3) is 3.35. The molecule has 0 radical (unpaired) electrons. The quantitative estimate of drug-likeness (QED) is 0.912. The molecule has 4 nitrogen and oxygen atoms in total. The van der Waals surface area contributed by atoms with E-state index in [9.17, 15) is 8.42 Å². The topological polar surface area (TPSA) is 63.4 Å². The van der Waals surface area contributed by atoms with Gasteiger partial charge < -0.3 is 5.73 Å². The molecule has 0 aliphatic carbocycles. The van der Waals surface area contributed by atoms with Gasteiger partial charge in [-0.15, -0.1) is 0 Å². The Morgan fingerprint density at radius 1 is 1.32 bits per heavy atom. The van der Waals surface area contributed by atoms with E-state index < -0.39 is 10.0 Å². The molecular weight excluding hydrogens is 260 g/mol. The van der Waals surface area contributed by atoms with Crippen LogP contribution < -0.4 is 5.73 Å². The summed E-state index contributed by atoms with van der Waals surface area (Å²) >= 11 is 0. The van der Waals surface area contributed by atoms with E-state index in [4.69, 9.17) is 5.73 Å². The number of hydrogen-bond donors (Lipinski definition) is 1. The number of piperidine rings is 1. The van der Waals surface area contributed by atoms with Crippen molar-refractivity contribution in [2.45, 2.75) is 31.6 Å². The van der Waals surface area contributed by atoms with Gasteiger partial charge in [0.15, 0.2) is 0 Å². The van der Waals surface area contributed by atoms with Crippen LogP contribution in [0.15, 0.2) is 30.3 Å². The summed E-state index contributed by atoms with van der Waals surface area (Å²) in [6, 6.07) is 9.27. The van der Waals surface area contributed by atoms with E-state index in [-0.39, 0.29) is 11.8 Å². The van der Waals surface area contributed by atoms with Crippen LogP contribution in [-0.2, 0) is 15.8 Å². The Hall–Kier alpha value is -0.910. The second-order valence-corrected chi connectivity index (χ2v) is 7.20. The first-order valence-electron chi connectivity index (χ1n) is 6.78. The monoisotopic (exact) mass is 282 g/mol. The van der Waals surface area contributed by atoms with Gasteiger partial charge in [0, 0.05) is 19.1 Å². The first-order chi connectivity index (χ1) is 9.04. The second kappa shape index (κ2) is 6.03. The number of nitrogens with zero attached hydrogens (tertiary/aromatic N) is 1. The van der Waals surface area contributed by atoms with E-state index in [0.29, 0.717) is 19.0 Å². The summed E-state index contributed by atoms with van der Waals surface area (Å²) in [6.07, 6.45) is 1.98. The minimum atomic E-state index is -3.28. The highest BCUT2D eigenvalue weighted by molar-refractivity contribution is 7.88. The summed E-state index contributed by atoms with van der Waals surface area (Å²) < 4.78 is 26.7. The Morgan fingerprint density at radius 2 is 2.00 bits per heavy atom. The second-order valence-electron chi connectivity index (χ2n) is 5.28. The van der Waals surface area contributed by atoms with E-state index >= 15 is 0 Å². The predicted octanol–water partition coefficient (Wildman–Crippen LogP) is 1.58. The maximum absolute atomic E-state index is 12.5. The highest BCUT2D eigenvalue weighted by Gasteiger charge is 2.35. The summed E-state index contributed by atoms with van der Waals surface area (Å²) in [6.45, 7) is 3.08. The molecule has 1 saturated heterocycles. The number of sulfonamides is 1. The zero-order chi connectivity index (χ0) is 13.9. The average Bonchev–Trinajstić information content (AvgIpc) is 2.39. The van der Waals surface area contributed by atoms with Crippen LogP contribution in [0, 0.1) is 5.92 Å². The van der Waals surface area contributed by atoms with Crippen LogP contribution in [0.5, 0.6) is 0 Å². The van der Waals surface area contributed by atoms with Crippen molar-refractivity contribution in [3.63, 3.8) is 0 Å². The van der Waals surface area contributed by atoms with Crippen LogP contribution in [-0.4, -0.2) is 31.9 Å². The fourth-order valence-corrected chi connectivity index (χ4v) is 4.67. The standard InChI is InChI=1S/C14H22N2O2S/c1-12-6-5-9-16(14(12)10-15)19(17,18)11-13-7-3-2-4-8-13/h2-4,7-8,12,14H,5-6,9-11,15H2,1H3/t12-,14+/m0/s1. The number of benzene rings is 1. The summed E-state index contributed by atoms with van der Waals surface area (Å²) in [5, 5.41) is 0. The van der Waals surface area contributed by atoms with Crippen LogP contribution in [0.4, 0.5) is 0 Å². The summed E-state index contributed by atoms with van der Waals surface area (Å²) in [5.74, 6) is 0.404. The molecule has 0 bridgehead atoms. The predicted molar refractivity (Wildman–Crippen MR) is 77.0 cm³/mol. The summed E-state index contributed by atoms with van der Waals surface area (Å²) in [4.78, 5) is 0. The maximum Gasteiger partial charge on any atom is 0.218 e. The lowest BCUT2D eigenvalue weighted by Gasteiger charge is -2.38. The minimum absolute atomic E-state index is 0.0533. The van der Waals surface area contributed by atoms with Crippen LogP contribution in [0.2, 0.25) is 0 Å². The third-order valence-corrected chi connectivity index (χ3v) is 5.72. The summed E-state index contributed by atoms with van der Waals surface area (Å²) in [7, 11) is -3.28. The van der Waals surface area contributed by atoms with Crippen LogP contribution >= 0.6 is 0 Å². The molecule has 1 aromatic carbocycles. The Kier molecular flexibility index (Phi) is 4.60. The van der Waals surface area contributed by atoms with Gasteiger partial charge in [-0.05, 0) is 24.3 Å². The van der Waals surface area contributed by atoms with Crippen LogP contribution in [0.25, 0.3) is 0 Å². The first kappa shape index (κ1) is 14.5. The molecule has 2 N–H and O–H groups in total. The van der Waals surface area contributed by atoms with Crippen molar-refractivity contribution in [3.05, 3.63) is 35.9 Å². The van der Waals surface area contributed by atoms with E-state index in [1.54, 1.807) is 4.31 Å². The lowest BCUT2D eigenvalue weighted by molar-refractivity contribution is 0.192. The van der Waals surface area contributed by atoms with Crippen molar-refractivity contribution in [3.8, 4) is 0 Å². The highest BCUT2D eigenvalue weighted by Crippen LogP contribution is 2.26. The van der Waals surface area contributed by atoms with Crippen molar-refractivity contribution < 1.29 is 8.42 Å². The molecule has 2 rings (SSSR count). The molecule has 2 atom stereocenters. The van der Waals surface area contributed by atoms with Crippen LogP contribution in [0.1, 0.15) is 25.3 Å². The van der Waals surface area contributed by atoms with Gasteiger partial charge in [-0.25, -0.2) is 8.42 Å². The molecule has 0 amide bonds. The highest BCUT2D eigenvalue weighted by atomic mass is 32.2. The minimum Gasteiger partial charge on any atom is -0.329 e. The molecule has 0 spiro atoms. The third-order valence-electron chi connectivity index (χ3n) is 3.86. The Bertz CT molecular complexity index is 501. The van der Waals surface area contributed by atoms with E-state index in [2.05, 4.69) is 6.92 Å². The molecule has 19 heavy (non-hydrogen) atoms. The van der Waals surface area contributed by atoms with Crippen molar-refractivity contribution in [2.75, 3.05) is 13.1 Å². The Morgan fingerprint density at radius 3 is 2.63 bits per heavy atom. The lowest BCUT2D eigenvalue weighted by Crippen LogP contribution is -2.51. The van der Waals surface area contributed by atoms with Crippen molar-refractivity contribution in [1.29, 1.82) is 0 Å². The molecule has 1 fully saturated rings. The fraction of sp³-hybridized carbons (Fsp3) is 0.571. The van der Waals surface area contributed by atoms with E-state index in [1.165, 1.54) is 0 Å². The zero-order valence-electron chi connectivity index (χ0n) is 11.3. The molecule has 106 valence electrons. The molecule has 1 aromatic rings. The molecule has 1 heterocycles. The van der Waals surface area contributed by atoms with Crippen molar-refractivity contribution in [1.82, 2.24) is 4.31 Å². The van der Waals surface area contributed by atoms with E-state index in [0.717, 1.165) is 18.4 Å². The molecule has 1 aliphatic rings. The van der Waals surface area contributed by atoms with E-state index in [1.807, 2.05) is 30.3 Å². The molecule has 0 aromatic heterocycles. The molecule has 5 heteroatoms. The van der Waals surface area contributed by atoms with Gasteiger partial charge in [0.1, 0.15) is 0 Å². The molecule has 1 aliphatic heterocycles. The van der Waals surface area contributed by atoms with Crippen LogP contribution in [0.3, 0.4) is 0 Å². The van der Waals surface area contributed by atoms with Gasteiger partial charge >= 0.3 is 0 Å². The largest absolute Gasteiger partial charge is 0.329 e. The van der Waals surface area contributed by atoms with Gasteiger partial charge in [0.05, 0.1) is 5.75 Å². The average molecular weight is 282 g/mol. The smallest absolute Gasteiger partial charge is 0.218 e. The number of hydrogen-bond acceptors (Lipinski definition) is 3. The van der Waals surface area contributed by atoms with Gasteiger partial charge in [-0.3, -0.25) is 0 Å². The molecular formula is C14H22N2O2S. The SMILES string of the molecule is C[C@H]1CCCN(S(=O)(=O)Cc2ccccc2)[C@@H]1CN. The van der Waals surface area contributed by atoms with Gasteiger partial charge in [-0.1, -0.05) is 37.3 Å². The number of nitrogens with two attached hydrogens (primary N) is 1. The normalized spacial score (nSPS) is 25.4. The fourth-order valence-electron chi connectivity index (χ4n) is 2.77. The van der Waals surface area contributed by atoms with Gasteiger partial charge in [-0.2, -0.15) is 4.31 Å². The first-order valence-corrected chi connectivity index (χ1v) is 8.39. The Balaban J connectivity index is 2.18. The zero-order valence-corrected chi connectivity index (χ0v) is 12.1. The molecule has 0 saturated carbocycles. The maximum atomic E-state index is 12.5.